The first kappa shape index (κ1) is 11.2. The van der Waals surface area contributed by atoms with Gasteiger partial charge in [0.25, 0.3) is 0 Å². The molecule has 0 heterocycles. The van der Waals surface area contributed by atoms with Crippen LogP contribution in [0.5, 0.6) is 0 Å². The van der Waals surface area contributed by atoms with E-state index in [2.05, 4.69) is 32.9 Å². The van der Waals surface area contributed by atoms with Gasteiger partial charge in [-0.1, -0.05) is 12.1 Å². The molecule has 0 saturated carbocycles. The third-order valence-corrected chi connectivity index (χ3v) is 2.97. The summed E-state index contributed by atoms with van der Waals surface area (Å²) in [4.78, 5) is 2.02. The number of hydrogen-bond acceptors (Lipinski definition) is 2. The molecule has 2 nitrogen and oxygen atoms in total. The van der Waals surface area contributed by atoms with Gasteiger partial charge < -0.3 is 5.73 Å². The van der Waals surface area contributed by atoms with E-state index in [1.165, 1.54) is 22.3 Å². The summed E-state index contributed by atoms with van der Waals surface area (Å²) in [6, 6.07) is 4.27. The van der Waals surface area contributed by atoms with Crippen LogP contribution in [0.4, 0.5) is 0 Å². The molecule has 0 amide bonds. The summed E-state index contributed by atoms with van der Waals surface area (Å²) in [5, 5.41) is 0. The number of nitrogens with zero attached hydrogens (tertiary/aromatic N) is 1. The van der Waals surface area contributed by atoms with Crippen molar-refractivity contribution in [1.29, 1.82) is 0 Å². The first-order chi connectivity index (χ1) is 6.45. The SMILES string of the molecule is Cc1ccc(C(N)N(C)C)c(C)c1C. The van der Waals surface area contributed by atoms with Gasteiger partial charge in [0.2, 0.25) is 0 Å². The Kier molecular flexibility index (Phi) is 3.29. The van der Waals surface area contributed by atoms with Crippen LogP contribution in [-0.2, 0) is 0 Å². The molecule has 1 unspecified atom stereocenters. The van der Waals surface area contributed by atoms with E-state index in [0.29, 0.717) is 0 Å². The fourth-order valence-corrected chi connectivity index (χ4v) is 1.58. The van der Waals surface area contributed by atoms with Gasteiger partial charge in [-0.25, -0.2) is 0 Å². The highest BCUT2D eigenvalue weighted by Gasteiger charge is 2.12. The van der Waals surface area contributed by atoms with E-state index in [-0.39, 0.29) is 6.17 Å². The molecule has 0 saturated heterocycles. The van der Waals surface area contributed by atoms with Gasteiger partial charge >= 0.3 is 0 Å². The largest absolute Gasteiger partial charge is 0.312 e. The molecule has 0 fully saturated rings. The fraction of sp³-hybridized carbons (Fsp3) is 0.500. The Morgan fingerprint density at radius 2 is 1.64 bits per heavy atom. The van der Waals surface area contributed by atoms with Crippen molar-refractivity contribution in [2.75, 3.05) is 14.1 Å². The molecule has 0 bridgehead atoms. The van der Waals surface area contributed by atoms with E-state index in [0.717, 1.165) is 0 Å². The first-order valence-corrected chi connectivity index (χ1v) is 4.94. The molecule has 2 N–H and O–H groups in total. The topological polar surface area (TPSA) is 29.3 Å². The number of rotatable bonds is 2. The molecule has 2 heteroatoms. The fourth-order valence-electron chi connectivity index (χ4n) is 1.58. The van der Waals surface area contributed by atoms with Gasteiger partial charge in [0, 0.05) is 0 Å². The molecule has 1 rings (SSSR count). The van der Waals surface area contributed by atoms with Crippen LogP contribution in [0.1, 0.15) is 28.4 Å². The van der Waals surface area contributed by atoms with E-state index in [1.807, 2.05) is 19.0 Å². The van der Waals surface area contributed by atoms with Gasteiger partial charge in [-0.15, -0.1) is 0 Å². The van der Waals surface area contributed by atoms with Crippen LogP contribution in [-0.4, -0.2) is 19.0 Å². The Morgan fingerprint density at radius 1 is 1.07 bits per heavy atom. The van der Waals surface area contributed by atoms with Crippen molar-refractivity contribution in [3.8, 4) is 0 Å². The van der Waals surface area contributed by atoms with Crippen LogP contribution in [0, 0.1) is 20.8 Å². The maximum Gasteiger partial charge on any atom is 0.0833 e. The van der Waals surface area contributed by atoms with Crippen LogP contribution >= 0.6 is 0 Å². The van der Waals surface area contributed by atoms with Gasteiger partial charge in [0.05, 0.1) is 6.17 Å². The van der Waals surface area contributed by atoms with Gasteiger partial charge in [-0.2, -0.15) is 0 Å². The van der Waals surface area contributed by atoms with Crippen molar-refractivity contribution >= 4 is 0 Å². The Bertz CT molecular complexity index is 329. The lowest BCUT2D eigenvalue weighted by Gasteiger charge is -2.23. The summed E-state index contributed by atoms with van der Waals surface area (Å²) < 4.78 is 0. The summed E-state index contributed by atoms with van der Waals surface area (Å²) in [7, 11) is 4.00. The third kappa shape index (κ3) is 1.97. The normalized spacial score (nSPS) is 13.4. The summed E-state index contributed by atoms with van der Waals surface area (Å²) >= 11 is 0. The third-order valence-electron chi connectivity index (χ3n) is 2.97. The molecule has 0 radical (unpaired) electrons. The standard InChI is InChI=1S/C12H20N2/c1-8-6-7-11(10(3)9(8)2)12(13)14(4)5/h6-7,12H,13H2,1-5H3. The van der Waals surface area contributed by atoms with E-state index in [9.17, 15) is 0 Å². The maximum absolute atomic E-state index is 6.08. The average molecular weight is 192 g/mol. The maximum atomic E-state index is 6.08. The van der Waals surface area contributed by atoms with Crippen molar-refractivity contribution < 1.29 is 0 Å². The molecule has 0 aliphatic heterocycles. The Labute approximate surface area is 86.7 Å². The minimum Gasteiger partial charge on any atom is -0.312 e. The van der Waals surface area contributed by atoms with Crippen LogP contribution in [0.2, 0.25) is 0 Å². The summed E-state index contributed by atoms with van der Waals surface area (Å²) in [6.45, 7) is 6.42. The van der Waals surface area contributed by atoms with E-state index in [4.69, 9.17) is 5.73 Å². The lowest BCUT2D eigenvalue weighted by atomic mass is 9.97. The minimum atomic E-state index is -0.00528. The molecule has 0 aliphatic carbocycles. The predicted octanol–water partition coefficient (Wildman–Crippen LogP) is 2.13. The molecule has 0 spiro atoms. The number of benzene rings is 1. The van der Waals surface area contributed by atoms with Crippen LogP contribution < -0.4 is 5.73 Å². The number of hydrogen-bond donors (Lipinski definition) is 1. The molecule has 14 heavy (non-hydrogen) atoms. The average Bonchev–Trinajstić information content (AvgIpc) is 2.13. The van der Waals surface area contributed by atoms with E-state index < -0.39 is 0 Å². The molecule has 1 atom stereocenters. The zero-order valence-electron chi connectivity index (χ0n) is 9.76. The Balaban J connectivity index is 3.17. The highest BCUT2D eigenvalue weighted by atomic mass is 15.2. The van der Waals surface area contributed by atoms with Crippen LogP contribution in [0.3, 0.4) is 0 Å². The van der Waals surface area contributed by atoms with Gasteiger partial charge in [-0.3, -0.25) is 4.90 Å². The second kappa shape index (κ2) is 4.11. The lowest BCUT2D eigenvalue weighted by Crippen LogP contribution is -2.28. The smallest absolute Gasteiger partial charge is 0.0833 e. The molecule has 1 aromatic carbocycles. The van der Waals surface area contributed by atoms with Crippen LogP contribution in [0.15, 0.2) is 12.1 Å². The van der Waals surface area contributed by atoms with E-state index in [1.54, 1.807) is 0 Å². The molecule has 0 aliphatic rings. The quantitative estimate of drug-likeness (QED) is 0.727. The minimum absolute atomic E-state index is 0.00528. The molecule has 0 aromatic heterocycles. The second-order valence-corrected chi connectivity index (χ2v) is 4.13. The molecule has 1 aromatic rings. The van der Waals surface area contributed by atoms with Crippen molar-refractivity contribution in [3.63, 3.8) is 0 Å². The van der Waals surface area contributed by atoms with Gasteiger partial charge in [0.1, 0.15) is 0 Å². The summed E-state index contributed by atoms with van der Waals surface area (Å²) in [5.74, 6) is 0. The highest BCUT2D eigenvalue weighted by molar-refractivity contribution is 5.39. The summed E-state index contributed by atoms with van der Waals surface area (Å²) in [5.41, 5.74) is 11.3. The lowest BCUT2D eigenvalue weighted by molar-refractivity contribution is 0.306. The van der Waals surface area contributed by atoms with Gasteiger partial charge in [-0.05, 0) is 57.1 Å². The molecule has 78 valence electrons. The zero-order chi connectivity index (χ0) is 10.9. The van der Waals surface area contributed by atoms with Crippen molar-refractivity contribution in [2.45, 2.75) is 26.9 Å². The Morgan fingerprint density at radius 3 is 2.14 bits per heavy atom. The molecular weight excluding hydrogens is 172 g/mol. The van der Waals surface area contributed by atoms with Crippen molar-refractivity contribution in [2.24, 2.45) is 5.73 Å². The first-order valence-electron chi connectivity index (χ1n) is 4.94. The number of aryl methyl sites for hydroxylation is 1. The van der Waals surface area contributed by atoms with Crippen LogP contribution in [0.25, 0.3) is 0 Å². The Hall–Kier alpha value is -0.860. The van der Waals surface area contributed by atoms with Crippen molar-refractivity contribution in [1.82, 2.24) is 4.90 Å². The monoisotopic (exact) mass is 192 g/mol. The van der Waals surface area contributed by atoms with Gasteiger partial charge in [0.15, 0.2) is 0 Å². The predicted molar refractivity (Wildman–Crippen MR) is 61.3 cm³/mol. The highest BCUT2D eigenvalue weighted by Crippen LogP contribution is 2.22. The molecular formula is C12H20N2. The second-order valence-electron chi connectivity index (χ2n) is 4.13. The van der Waals surface area contributed by atoms with Crippen molar-refractivity contribution in [3.05, 3.63) is 34.4 Å². The van der Waals surface area contributed by atoms with E-state index >= 15 is 0 Å². The number of nitrogens with two attached hydrogens (primary N) is 1. The summed E-state index contributed by atoms with van der Waals surface area (Å²) in [6.07, 6.45) is -0.00528. The zero-order valence-corrected chi connectivity index (χ0v) is 9.76.